The molecule has 138 valence electrons. The van der Waals surface area contributed by atoms with Gasteiger partial charge in [0.25, 0.3) is 17.5 Å². The molecule has 4 rings (SSSR count). The fourth-order valence-corrected chi connectivity index (χ4v) is 3.33. The van der Waals surface area contributed by atoms with Gasteiger partial charge in [-0.25, -0.2) is 9.37 Å². The molecule has 1 aromatic carbocycles. The largest absolute Gasteiger partial charge is 0.336 e. The van der Waals surface area contributed by atoms with Gasteiger partial charge in [-0.15, -0.1) is 0 Å². The second-order valence-electron chi connectivity index (χ2n) is 6.35. The second-order valence-corrected chi connectivity index (χ2v) is 7.20. The highest BCUT2D eigenvalue weighted by molar-refractivity contribution is 9.10. The van der Waals surface area contributed by atoms with Gasteiger partial charge in [-0.1, -0.05) is 5.16 Å². The summed E-state index contributed by atoms with van der Waals surface area (Å²) in [5, 5.41) is 4.38. The molecule has 1 saturated carbocycles. The van der Waals surface area contributed by atoms with Crippen molar-refractivity contribution in [2.75, 3.05) is 0 Å². The molecule has 0 atom stereocenters. The molecule has 0 aliphatic heterocycles. The number of aromatic nitrogens is 2. The predicted molar refractivity (Wildman–Crippen MR) is 97.5 cm³/mol. The molecular formula is C18H14BrFN4O3. The Bertz CT molecular complexity index is 1080. The Balaban J connectivity index is 1.57. The SMILES string of the molecule is Cc1noc2nc(C3CC3)cc(C(=O)NNC(=O)c3ccc(F)cc3Br)c12. The first-order valence-electron chi connectivity index (χ1n) is 8.26. The first kappa shape index (κ1) is 17.6. The number of benzene rings is 1. The lowest BCUT2D eigenvalue weighted by Gasteiger charge is -2.10. The van der Waals surface area contributed by atoms with Gasteiger partial charge in [0.15, 0.2) is 0 Å². The summed E-state index contributed by atoms with van der Waals surface area (Å²) >= 11 is 3.13. The van der Waals surface area contributed by atoms with Crippen molar-refractivity contribution in [2.24, 2.45) is 0 Å². The number of pyridine rings is 1. The predicted octanol–water partition coefficient (Wildman–Crippen LogP) is 3.39. The van der Waals surface area contributed by atoms with Crippen molar-refractivity contribution in [2.45, 2.75) is 25.7 Å². The maximum Gasteiger partial charge on any atom is 0.270 e. The number of hydrazine groups is 1. The van der Waals surface area contributed by atoms with E-state index in [-0.39, 0.29) is 10.0 Å². The Hall–Kier alpha value is -2.81. The van der Waals surface area contributed by atoms with Gasteiger partial charge in [0.05, 0.1) is 22.2 Å². The van der Waals surface area contributed by atoms with Crippen LogP contribution in [0.25, 0.3) is 11.1 Å². The van der Waals surface area contributed by atoms with Gasteiger partial charge >= 0.3 is 0 Å². The van der Waals surface area contributed by atoms with Crippen LogP contribution in [0.15, 0.2) is 33.3 Å². The summed E-state index contributed by atoms with van der Waals surface area (Å²) in [6.07, 6.45) is 2.03. The molecule has 1 aliphatic rings. The van der Waals surface area contributed by atoms with Crippen LogP contribution in [0.2, 0.25) is 0 Å². The van der Waals surface area contributed by atoms with Crippen molar-refractivity contribution >= 4 is 38.8 Å². The van der Waals surface area contributed by atoms with E-state index in [0.717, 1.165) is 24.6 Å². The van der Waals surface area contributed by atoms with Crippen molar-refractivity contribution in [1.29, 1.82) is 0 Å². The Kier molecular flexibility index (Phi) is 4.39. The van der Waals surface area contributed by atoms with Gasteiger partial charge in [0.1, 0.15) is 5.82 Å². The standard InChI is InChI=1S/C18H14BrFN4O3/c1-8-15-12(7-14(9-2-3-9)21-18(15)27-24-8)17(26)23-22-16(25)11-5-4-10(20)6-13(11)19/h4-7,9H,2-3H2,1H3,(H,22,25)(H,23,26). The van der Waals surface area contributed by atoms with Crippen LogP contribution in [0.5, 0.6) is 0 Å². The molecule has 2 aromatic heterocycles. The molecule has 0 bridgehead atoms. The third-order valence-corrected chi connectivity index (χ3v) is 5.00. The summed E-state index contributed by atoms with van der Waals surface area (Å²) < 4.78 is 18.7. The zero-order valence-electron chi connectivity index (χ0n) is 14.2. The number of amides is 2. The molecule has 3 aromatic rings. The lowest BCUT2D eigenvalue weighted by molar-refractivity contribution is 0.0847. The molecule has 2 amide bonds. The van der Waals surface area contributed by atoms with E-state index in [2.05, 4.69) is 36.9 Å². The number of hydrogen-bond donors (Lipinski definition) is 2. The minimum atomic E-state index is -0.579. The number of carbonyl (C=O) groups is 2. The molecule has 7 nitrogen and oxygen atoms in total. The van der Waals surface area contributed by atoms with E-state index < -0.39 is 17.6 Å². The molecule has 1 aliphatic carbocycles. The van der Waals surface area contributed by atoms with Gasteiger partial charge in [0, 0.05) is 16.1 Å². The van der Waals surface area contributed by atoms with Crippen LogP contribution in [-0.2, 0) is 0 Å². The van der Waals surface area contributed by atoms with Gasteiger partial charge in [-0.2, -0.15) is 0 Å². The maximum absolute atomic E-state index is 13.2. The Morgan fingerprint density at radius 3 is 2.56 bits per heavy atom. The highest BCUT2D eigenvalue weighted by Crippen LogP contribution is 2.40. The highest BCUT2D eigenvalue weighted by atomic mass is 79.9. The molecule has 27 heavy (non-hydrogen) atoms. The minimum Gasteiger partial charge on any atom is -0.336 e. The number of rotatable bonds is 3. The third kappa shape index (κ3) is 3.42. The van der Waals surface area contributed by atoms with Crippen molar-refractivity contribution < 1.29 is 18.5 Å². The van der Waals surface area contributed by atoms with Crippen LogP contribution in [0.4, 0.5) is 4.39 Å². The topological polar surface area (TPSA) is 97.1 Å². The number of halogens is 2. The summed E-state index contributed by atoms with van der Waals surface area (Å²) in [4.78, 5) is 29.4. The summed E-state index contributed by atoms with van der Waals surface area (Å²) in [7, 11) is 0. The molecule has 1 fully saturated rings. The number of nitrogens with zero attached hydrogens (tertiary/aromatic N) is 2. The van der Waals surface area contributed by atoms with Crippen LogP contribution in [0, 0.1) is 12.7 Å². The van der Waals surface area contributed by atoms with Gasteiger partial charge < -0.3 is 4.52 Å². The van der Waals surface area contributed by atoms with Crippen molar-refractivity contribution in [1.82, 2.24) is 21.0 Å². The minimum absolute atomic E-state index is 0.191. The van der Waals surface area contributed by atoms with Gasteiger partial charge in [0.2, 0.25) is 0 Å². The number of nitrogens with one attached hydrogen (secondary N) is 2. The van der Waals surface area contributed by atoms with E-state index in [1.165, 1.54) is 12.1 Å². The highest BCUT2D eigenvalue weighted by Gasteiger charge is 2.28. The lowest BCUT2D eigenvalue weighted by Crippen LogP contribution is -2.41. The summed E-state index contributed by atoms with van der Waals surface area (Å²) in [6, 6.07) is 5.36. The van der Waals surface area contributed by atoms with Gasteiger partial charge in [-0.3, -0.25) is 20.4 Å². The summed E-state index contributed by atoms with van der Waals surface area (Å²) in [5.74, 6) is -1.25. The van der Waals surface area contributed by atoms with E-state index >= 15 is 0 Å². The average Bonchev–Trinajstić information content (AvgIpc) is 3.42. The molecule has 0 unspecified atom stereocenters. The van der Waals surface area contributed by atoms with Crippen LogP contribution >= 0.6 is 15.9 Å². The quantitative estimate of drug-likeness (QED) is 0.618. The Morgan fingerprint density at radius 2 is 1.89 bits per heavy atom. The maximum atomic E-state index is 13.2. The van der Waals surface area contributed by atoms with E-state index in [0.29, 0.717) is 28.3 Å². The van der Waals surface area contributed by atoms with Gasteiger partial charge in [-0.05, 0) is 60.0 Å². The third-order valence-electron chi connectivity index (χ3n) is 4.34. The first-order valence-corrected chi connectivity index (χ1v) is 9.06. The molecule has 0 spiro atoms. The number of carbonyl (C=O) groups excluding carboxylic acids is 2. The van der Waals surface area contributed by atoms with E-state index in [9.17, 15) is 14.0 Å². The van der Waals surface area contributed by atoms with Crippen LogP contribution in [0.1, 0.15) is 50.9 Å². The molecule has 9 heteroatoms. The first-order chi connectivity index (χ1) is 12.9. The monoisotopic (exact) mass is 432 g/mol. The molecule has 2 heterocycles. The van der Waals surface area contributed by atoms with Crippen LogP contribution < -0.4 is 10.9 Å². The van der Waals surface area contributed by atoms with Crippen molar-refractivity contribution in [3.63, 3.8) is 0 Å². The zero-order valence-corrected chi connectivity index (χ0v) is 15.8. The Labute approximate surface area is 161 Å². The van der Waals surface area contributed by atoms with Crippen molar-refractivity contribution in [3.8, 4) is 0 Å². The van der Waals surface area contributed by atoms with E-state index in [4.69, 9.17) is 4.52 Å². The van der Waals surface area contributed by atoms with E-state index in [1.54, 1.807) is 13.0 Å². The lowest BCUT2D eigenvalue weighted by atomic mass is 10.1. The number of hydrogen-bond acceptors (Lipinski definition) is 5. The smallest absolute Gasteiger partial charge is 0.270 e. The normalized spacial score (nSPS) is 13.6. The summed E-state index contributed by atoms with van der Waals surface area (Å²) in [5.41, 5.74) is 6.86. The zero-order chi connectivity index (χ0) is 19.1. The number of fused-ring (bicyclic) bond motifs is 1. The molecule has 0 radical (unpaired) electrons. The van der Waals surface area contributed by atoms with Crippen LogP contribution in [0.3, 0.4) is 0 Å². The molecule has 2 N–H and O–H groups in total. The molecule has 0 saturated heterocycles. The second kappa shape index (κ2) is 6.73. The average molecular weight is 433 g/mol. The summed E-state index contributed by atoms with van der Waals surface area (Å²) in [6.45, 7) is 1.72. The van der Waals surface area contributed by atoms with Crippen LogP contribution in [-0.4, -0.2) is 22.0 Å². The fourth-order valence-electron chi connectivity index (χ4n) is 2.80. The Morgan fingerprint density at radius 1 is 1.19 bits per heavy atom. The van der Waals surface area contributed by atoms with Crippen molar-refractivity contribution in [3.05, 3.63) is 57.1 Å². The van der Waals surface area contributed by atoms with E-state index in [1.807, 2.05) is 0 Å². The molecular weight excluding hydrogens is 419 g/mol. The number of aryl methyl sites for hydroxylation is 1. The fraction of sp³-hybridized carbons (Fsp3) is 0.222.